The molecule has 0 aromatic heterocycles. The predicted molar refractivity (Wildman–Crippen MR) is 163 cm³/mol. The summed E-state index contributed by atoms with van der Waals surface area (Å²) in [6, 6.07) is 14.2. The van der Waals surface area contributed by atoms with Crippen molar-refractivity contribution in [3.63, 3.8) is 0 Å². The minimum absolute atomic E-state index is 0.0857. The zero-order valence-corrected chi connectivity index (χ0v) is 26.1. The van der Waals surface area contributed by atoms with Crippen LogP contribution in [0.4, 0.5) is 10.1 Å². The standard InChI is InChI=1S/C30H34Cl2FN3O5S/c1-5-20(3)34-30(38)21(4)35(18-22-7-8-23(31)17-28(22)32)29(37)19-36(25-11-13-26(14-12-25)41-6-2)42(39,40)27-15-9-24(33)10-16-27/h7-17,20-21H,5-6,18-19H2,1-4H3,(H,34,38)/t20-,21+/m0/s1. The van der Waals surface area contributed by atoms with Crippen molar-refractivity contribution in [1.82, 2.24) is 10.2 Å². The van der Waals surface area contributed by atoms with Gasteiger partial charge in [0.25, 0.3) is 10.0 Å². The van der Waals surface area contributed by atoms with Crippen LogP contribution in [0.25, 0.3) is 0 Å². The molecule has 0 aliphatic carbocycles. The molecule has 0 unspecified atom stereocenters. The van der Waals surface area contributed by atoms with Crippen molar-refractivity contribution in [1.29, 1.82) is 0 Å². The molecule has 12 heteroatoms. The molecule has 0 aliphatic heterocycles. The molecule has 0 aliphatic rings. The number of carbonyl (C=O) groups excluding carboxylic acids is 2. The van der Waals surface area contributed by atoms with E-state index in [-0.39, 0.29) is 28.2 Å². The zero-order valence-electron chi connectivity index (χ0n) is 23.8. The Bertz CT molecular complexity index is 1490. The van der Waals surface area contributed by atoms with Crippen molar-refractivity contribution in [3.05, 3.63) is 88.2 Å². The molecule has 8 nitrogen and oxygen atoms in total. The molecule has 0 spiro atoms. The van der Waals surface area contributed by atoms with Crippen molar-refractivity contribution in [2.75, 3.05) is 17.5 Å². The Hall–Kier alpha value is -3.34. The fourth-order valence-electron chi connectivity index (χ4n) is 4.02. The van der Waals surface area contributed by atoms with E-state index in [0.29, 0.717) is 29.4 Å². The first-order valence-electron chi connectivity index (χ1n) is 13.4. The lowest BCUT2D eigenvalue weighted by Crippen LogP contribution is -2.52. The molecule has 0 fully saturated rings. The van der Waals surface area contributed by atoms with Gasteiger partial charge in [-0.1, -0.05) is 36.2 Å². The maximum Gasteiger partial charge on any atom is 0.264 e. The number of nitrogens with zero attached hydrogens (tertiary/aromatic N) is 2. The number of ether oxygens (including phenoxy) is 1. The highest BCUT2D eigenvalue weighted by Crippen LogP contribution is 2.28. The van der Waals surface area contributed by atoms with Crippen molar-refractivity contribution in [2.24, 2.45) is 0 Å². The number of amides is 2. The van der Waals surface area contributed by atoms with E-state index in [1.807, 2.05) is 20.8 Å². The fraction of sp³-hybridized carbons (Fsp3) is 0.333. The highest BCUT2D eigenvalue weighted by atomic mass is 35.5. The first-order chi connectivity index (χ1) is 19.9. The van der Waals surface area contributed by atoms with Gasteiger partial charge in [0.2, 0.25) is 11.8 Å². The summed E-state index contributed by atoms with van der Waals surface area (Å²) in [5.41, 5.74) is 0.698. The Labute approximate surface area is 256 Å². The summed E-state index contributed by atoms with van der Waals surface area (Å²) in [7, 11) is -4.35. The third kappa shape index (κ3) is 8.36. The molecule has 0 saturated carbocycles. The molecule has 0 bridgehead atoms. The van der Waals surface area contributed by atoms with E-state index < -0.39 is 40.2 Å². The number of benzene rings is 3. The highest BCUT2D eigenvalue weighted by molar-refractivity contribution is 7.92. The number of halogens is 3. The van der Waals surface area contributed by atoms with E-state index in [4.69, 9.17) is 27.9 Å². The van der Waals surface area contributed by atoms with Crippen LogP contribution in [0.2, 0.25) is 10.0 Å². The molecule has 0 saturated heterocycles. The first-order valence-corrected chi connectivity index (χ1v) is 15.6. The molecule has 3 aromatic rings. The lowest BCUT2D eigenvalue weighted by atomic mass is 10.1. The molecule has 226 valence electrons. The molecular weight excluding hydrogens is 604 g/mol. The maximum atomic E-state index is 14.0. The second-order valence-electron chi connectivity index (χ2n) is 9.64. The van der Waals surface area contributed by atoms with E-state index in [9.17, 15) is 22.4 Å². The Kier molecular flexibility index (Phi) is 11.6. The summed E-state index contributed by atoms with van der Waals surface area (Å²) in [5, 5.41) is 3.56. The summed E-state index contributed by atoms with van der Waals surface area (Å²) in [4.78, 5) is 28.2. The number of hydrogen-bond donors (Lipinski definition) is 1. The van der Waals surface area contributed by atoms with Crippen LogP contribution in [0.5, 0.6) is 5.75 Å². The van der Waals surface area contributed by atoms with Crippen LogP contribution < -0.4 is 14.4 Å². The third-order valence-electron chi connectivity index (χ3n) is 6.64. The average molecular weight is 639 g/mol. The molecule has 42 heavy (non-hydrogen) atoms. The second-order valence-corrected chi connectivity index (χ2v) is 12.3. The average Bonchev–Trinajstić information content (AvgIpc) is 2.95. The van der Waals surface area contributed by atoms with Gasteiger partial charge in [-0.3, -0.25) is 13.9 Å². The van der Waals surface area contributed by atoms with Gasteiger partial charge in [0, 0.05) is 22.6 Å². The number of hydrogen-bond acceptors (Lipinski definition) is 5. The van der Waals surface area contributed by atoms with E-state index in [0.717, 1.165) is 28.6 Å². The van der Waals surface area contributed by atoms with Crippen LogP contribution in [0.1, 0.15) is 39.7 Å². The first kappa shape index (κ1) is 33.2. The predicted octanol–water partition coefficient (Wildman–Crippen LogP) is 6.06. The minimum Gasteiger partial charge on any atom is -0.494 e. The number of nitrogens with one attached hydrogen (secondary N) is 1. The largest absolute Gasteiger partial charge is 0.494 e. The number of rotatable bonds is 13. The molecule has 3 rings (SSSR count). The highest BCUT2D eigenvalue weighted by Gasteiger charge is 2.33. The van der Waals surface area contributed by atoms with Crippen LogP contribution in [-0.2, 0) is 26.2 Å². The van der Waals surface area contributed by atoms with Gasteiger partial charge >= 0.3 is 0 Å². The maximum absolute atomic E-state index is 14.0. The molecule has 1 N–H and O–H groups in total. The van der Waals surface area contributed by atoms with Gasteiger partial charge in [-0.15, -0.1) is 0 Å². The van der Waals surface area contributed by atoms with E-state index in [2.05, 4.69) is 5.32 Å². The van der Waals surface area contributed by atoms with Crippen LogP contribution in [0.15, 0.2) is 71.6 Å². The van der Waals surface area contributed by atoms with Gasteiger partial charge in [-0.25, -0.2) is 12.8 Å². The molecular formula is C30H34Cl2FN3O5S. The molecule has 2 amide bonds. The summed E-state index contributed by atoms with van der Waals surface area (Å²) in [6.45, 7) is 6.82. The topological polar surface area (TPSA) is 96.0 Å². The Morgan fingerprint density at radius 3 is 2.19 bits per heavy atom. The lowest BCUT2D eigenvalue weighted by molar-refractivity contribution is -0.139. The number of sulfonamides is 1. The van der Waals surface area contributed by atoms with E-state index in [1.165, 1.54) is 23.1 Å². The van der Waals surface area contributed by atoms with Gasteiger partial charge in [0.05, 0.1) is 17.2 Å². The zero-order chi connectivity index (χ0) is 31.0. The number of carbonyl (C=O) groups is 2. The van der Waals surface area contributed by atoms with E-state index >= 15 is 0 Å². The van der Waals surface area contributed by atoms with Crippen LogP contribution in [0.3, 0.4) is 0 Å². The van der Waals surface area contributed by atoms with Gasteiger partial charge in [-0.05, 0) is 93.4 Å². The van der Waals surface area contributed by atoms with Crippen molar-refractivity contribution in [3.8, 4) is 5.75 Å². The molecule has 3 aromatic carbocycles. The van der Waals surface area contributed by atoms with Crippen molar-refractivity contribution < 1.29 is 27.1 Å². The fourth-order valence-corrected chi connectivity index (χ4v) is 5.90. The van der Waals surface area contributed by atoms with Gasteiger partial charge in [0.1, 0.15) is 24.2 Å². The monoisotopic (exact) mass is 637 g/mol. The summed E-state index contributed by atoms with van der Waals surface area (Å²) < 4.78 is 47.7. The Morgan fingerprint density at radius 2 is 1.62 bits per heavy atom. The summed E-state index contributed by atoms with van der Waals surface area (Å²) in [5.74, 6) is -1.16. The third-order valence-corrected chi connectivity index (χ3v) is 9.02. The van der Waals surface area contributed by atoms with Crippen molar-refractivity contribution in [2.45, 2.75) is 57.6 Å². The van der Waals surface area contributed by atoms with Crippen LogP contribution in [-0.4, -0.2) is 50.4 Å². The Morgan fingerprint density at radius 1 is 0.976 bits per heavy atom. The summed E-state index contributed by atoms with van der Waals surface area (Å²) in [6.07, 6.45) is 0.677. The van der Waals surface area contributed by atoms with E-state index in [1.54, 1.807) is 31.2 Å². The smallest absolute Gasteiger partial charge is 0.264 e. The number of anilines is 1. The van der Waals surface area contributed by atoms with Crippen LogP contribution in [0, 0.1) is 5.82 Å². The van der Waals surface area contributed by atoms with Gasteiger partial charge < -0.3 is 15.0 Å². The normalized spacial score (nSPS) is 12.7. The minimum atomic E-state index is -4.35. The molecule has 0 radical (unpaired) electrons. The molecule has 0 heterocycles. The lowest BCUT2D eigenvalue weighted by Gasteiger charge is -2.32. The quantitative estimate of drug-likeness (QED) is 0.246. The Balaban J connectivity index is 2.05. The SMILES string of the molecule is CCOc1ccc(N(CC(=O)N(Cc2ccc(Cl)cc2Cl)[C@H](C)C(=O)N[C@@H](C)CC)S(=O)(=O)c2ccc(F)cc2)cc1. The second kappa shape index (κ2) is 14.7. The van der Waals surface area contributed by atoms with Crippen LogP contribution >= 0.6 is 23.2 Å². The van der Waals surface area contributed by atoms with Gasteiger partial charge in [-0.2, -0.15) is 0 Å². The van der Waals surface area contributed by atoms with Gasteiger partial charge in [0.15, 0.2) is 0 Å². The molecule has 2 atom stereocenters. The van der Waals surface area contributed by atoms with Crippen molar-refractivity contribution >= 4 is 50.7 Å². The summed E-state index contributed by atoms with van der Waals surface area (Å²) >= 11 is 12.5.